The number of carbonyl (C=O) groups is 3. The summed E-state index contributed by atoms with van der Waals surface area (Å²) >= 11 is 0. The summed E-state index contributed by atoms with van der Waals surface area (Å²) in [5.74, 6) is 0.588. The molecule has 5 aliphatic rings. The second-order valence-corrected chi connectivity index (χ2v) is 16.7. The molecule has 6 heterocycles. The van der Waals surface area contributed by atoms with Gasteiger partial charge in [0.2, 0.25) is 5.91 Å². The van der Waals surface area contributed by atoms with E-state index in [9.17, 15) is 14.4 Å². The van der Waals surface area contributed by atoms with Crippen LogP contribution in [0, 0.1) is 0 Å². The predicted molar refractivity (Wildman–Crippen MR) is 220 cm³/mol. The Morgan fingerprint density at radius 1 is 0.879 bits per heavy atom. The molecular formula is C43H52N10O5. The zero-order chi connectivity index (χ0) is 40.1. The fourth-order valence-electron chi connectivity index (χ4n) is 8.88. The van der Waals surface area contributed by atoms with Crippen LogP contribution in [0.2, 0.25) is 0 Å². The van der Waals surface area contributed by atoms with Gasteiger partial charge in [0.1, 0.15) is 35.2 Å². The summed E-state index contributed by atoms with van der Waals surface area (Å²) in [4.78, 5) is 59.1. The third kappa shape index (κ3) is 7.53. The zero-order valence-electron chi connectivity index (χ0n) is 33.6. The van der Waals surface area contributed by atoms with Gasteiger partial charge in [0, 0.05) is 87.3 Å². The topological polar surface area (TPSA) is 152 Å². The molecule has 1 saturated carbocycles. The third-order valence-electron chi connectivity index (χ3n) is 12.5. The van der Waals surface area contributed by atoms with Crippen molar-refractivity contribution in [3.8, 4) is 17.1 Å². The second kappa shape index (κ2) is 15.4. The number of imide groups is 1. The highest BCUT2D eigenvalue weighted by molar-refractivity contribution is 6.23. The molecule has 4 fully saturated rings. The van der Waals surface area contributed by atoms with Crippen molar-refractivity contribution in [3.63, 3.8) is 0 Å². The molecule has 4 aliphatic heterocycles. The summed E-state index contributed by atoms with van der Waals surface area (Å²) in [6, 6.07) is 13.4. The van der Waals surface area contributed by atoms with E-state index in [2.05, 4.69) is 78.5 Å². The Labute approximate surface area is 338 Å². The van der Waals surface area contributed by atoms with Crippen molar-refractivity contribution in [2.75, 3.05) is 75.4 Å². The molecule has 1 aliphatic carbocycles. The van der Waals surface area contributed by atoms with Gasteiger partial charge in [0.05, 0.1) is 35.6 Å². The van der Waals surface area contributed by atoms with Crippen molar-refractivity contribution in [1.82, 2.24) is 40.2 Å². The maximum atomic E-state index is 13.4. The zero-order valence-corrected chi connectivity index (χ0v) is 33.6. The number of hydrogen-bond acceptors (Lipinski definition) is 12. The van der Waals surface area contributed by atoms with E-state index in [4.69, 9.17) is 9.47 Å². The van der Waals surface area contributed by atoms with Gasteiger partial charge in [-0.2, -0.15) is 5.10 Å². The number of carbonyl (C=O) groups excluding carboxylic acids is 3. The number of amides is 3. The summed E-state index contributed by atoms with van der Waals surface area (Å²) in [5, 5.41) is 11.5. The van der Waals surface area contributed by atoms with Crippen molar-refractivity contribution in [2.45, 2.75) is 70.2 Å². The Balaban J connectivity index is 0.723. The van der Waals surface area contributed by atoms with Crippen molar-refractivity contribution in [3.05, 3.63) is 72.2 Å². The summed E-state index contributed by atoms with van der Waals surface area (Å²) in [7, 11) is 0. The molecule has 304 valence electrons. The van der Waals surface area contributed by atoms with Gasteiger partial charge in [-0.05, 0) is 82.9 Å². The van der Waals surface area contributed by atoms with E-state index in [1.165, 1.54) is 0 Å². The first-order valence-electron chi connectivity index (χ1n) is 20.6. The van der Waals surface area contributed by atoms with E-state index in [1.807, 2.05) is 30.3 Å². The minimum absolute atomic E-state index is 0.0549. The average Bonchev–Trinajstić information content (AvgIpc) is 3.70. The Hall–Kier alpha value is -5.38. The number of anilines is 2. The van der Waals surface area contributed by atoms with Crippen LogP contribution >= 0.6 is 0 Å². The summed E-state index contributed by atoms with van der Waals surface area (Å²) in [6.07, 6.45) is 4.72. The van der Waals surface area contributed by atoms with Gasteiger partial charge in [-0.3, -0.25) is 34.2 Å². The number of aromatic nitrogens is 4. The van der Waals surface area contributed by atoms with Crippen molar-refractivity contribution < 1.29 is 23.9 Å². The van der Waals surface area contributed by atoms with E-state index in [0.29, 0.717) is 55.0 Å². The molecule has 15 nitrogen and oxygen atoms in total. The lowest BCUT2D eigenvalue weighted by Crippen LogP contribution is -2.57. The highest BCUT2D eigenvalue weighted by atomic mass is 16.5. The molecule has 2 aromatic heterocycles. The van der Waals surface area contributed by atoms with Gasteiger partial charge in [0.15, 0.2) is 0 Å². The highest BCUT2D eigenvalue weighted by Crippen LogP contribution is 2.41. The molecule has 0 spiro atoms. The molecular weight excluding hydrogens is 737 g/mol. The van der Waals surface area contributed by atoms with Crippen molar-refractivity contribution in [1.29, 1.82) is 0 Å². The molecule has 2 aromatic carbocycles. The van der Waals surface area contributed by atoms with E-state index in [0.717, 1.165) is 110 Å². The fourth-order valence-corrected chi connectivity index (χ4v) is 8.88. The molecule has 9 rings (SSSR count). The van der Waals surface area contributed by atoms with Crippen LogP contribution < -0.4 is 19.9 Å². The average molecular weight is 789 g/mol. The smallest absolute Gasteiger partial charge is 0.262 e. The number of aromatic amines is 1. The molecule has 58 heavy (non-hydrogen) atoms. The maximum Gasteiger partial charge on any atom is 0.262 e. The largest absolute Gasteiger partial charge is 0.488 e. The lowest BCUT2D eigenvalue weighted by atomic mass is 10.0. The minimum Gasteiger partial charge on any atom is -0.488 e. The van der Waals surface area contributed by atoms with Gasteiger partial charge in [0.25, 0.3) is 11.8 Å². The van der Waals surface area contributed by atoms with Gasteiger partial charge in [-0.25, -0.2) is 9.97 Å². The lowest BCUT2D eigenvalue weighted by Gasteiger charge is -2.45. The monoisotopic (exact) mass is 788 g/mol. The number of piperazine rings is 2. The number of H-pyrrole nitrogens is 1. The number of allylic oxidation sites excluding steroid dienone is 1. The Kier molecular flexibility index (Phi) is 10.1. The van der Waals surface area contributed by atoms with Crippen LogP contribution in [0.1, 0.15) is 67.2 Å². The molecule has 3 amide bonds. The van der Waals surface area contributed by atoms with Crippen LogP contribution in [-0.2, 0) is 9.53 Å². The van der Waals surface area contributed by atoms with Gasteiger partial charge in [-0.15, -0.1) is 0 Å². The minimum atomic E-state index is -0.810. The molecule has 1 unspecified atom stereocenters. The molecule has 3 atom stereocenters. The van der Waals surface area contributed by atoms with E-state index in [-0.39, 0.29) is 11.5 Å². The van der Waals surface area contributed by atoms with Crippen LogP contribution in [0.3, 0.4) is 0 Å². The first-order valence-corrected chi connectivity index (χ1v) is 20.6. The van der Waals surface area contributed by atoms with E-state index < -0.39 is 17.9 Å². The standard InChI is InChI=1S/C43H52N10O5/c1-27-5-10-37(40(54)46-27)53-41(55)32-8-6-30(21-33(32)42(53)56)50-15-13-49(14-16-50)17-19-57-20-18-52-28(2)24-51(25-29(52)3)38-23-36(44-26-45-38)39-34-22-31(58-43(4)11-12-43)7-9-35(34)47-48-39/h6-9,21-23,26,28-29,37H,1,5,10-20,24-25H2,2-4H3,(H,46,54)(H,47,48)/t28-,29+,37?. The molecule has 2 N–H and O–H groups in total. The fraction of sp³-hybridized carbons (Fsp3) is 0.488. The number of hydrogen-bond donors (Lipinski definition) is 2. The number of nitrogens with one attached hydrogen (secondary N) is 2. The van der Waals surface area contributed by atoms with Crippen LogP contribution in [0.4, 0.5) is 11.5 Å². The third-order valence-corrected chi connectivity index (χ3v) is 12.5. The van der Waals surface area contributed by atoms with Gasteiger partial charge < -0.3 is 24.6 Å². The quantitative estimate of drug-likeness (QED) is 0.157. The summed E-state index contributed by atoms with van der Waals surface area (Å²) in [5.41, 5.74) is 4.72. The van der Waals surface area contributed by atoms with Gasteiger partial charge in [-0.1, -0.05) is 6.58 Å². The normalized spacial score (nSPS) is 23.8. The van der Waals surface area contributed by atoms with Crippen molar-refractivity contribution >= 4 is 40.1 Å². The Morgan fingerprint density at radius 3 is 2.40 bits per heavy atom. The maximum absolute atomic E-state index is 13.4. The summed E-state index contributed by atoms with van der Waals surface area (Å²) in [6.45, 7) is 18.6. The SMILES string of the molecule is C=C1CCC(N2C(=O)c3ccc(N4CCN(CCOCCN5[C@H](C)CN(c6cc(-c7n[nH]c8ccc(OC9(C)CC9)cc78)ncn6)C[C@@H]5C)CC4)cc3C2=O)C(=O)N1. The Bertz CT molecular complexity index is 2230. The summed E-state index contributed by atoms with van der Waals surface area (Å²) < 4.78 is 12.4. The van der Waals surface area contributed by atoms with Crippen LogP contribution in [0.5, 0.6) is 5.75 Å². The molecule has 15 heteroatoms. The highest BCUT2D eigenvalue weighted by Gasteiger charge is 2.44. The van der Waals surface area contributed by atoms with Crippen LogP contribution in [-0.4, -0.2) is 142 Å². The molecule has 0 radical (unpaired) electrons. The number of ether oxygens (including phenoxy) is 2. The van der Waals surface area contributed by atoms with Crippen LogP contribution in [0.25, 0.3) is 22.3 Å². The Morgan fingerprint density at radius 2 is 1.64 bits per heavy atom. The molecule has 4 aromatic rings. The van der Waals surface area contributed by atoms with E-state index >= 15 is 0 Å². The lowest BCUT2D eigenvalue weighted by molar-refractivity contribution is -0.125. The molecule has 3 saturated heterocycles. The number of benzene rings is 2. The second-order valence-electron chi connectivity index (χ2n) is 16.7. The van der Waals surface area contributed by atoms with E-state index in [1.54, 1.807) is 12.4 Å². The predicted octanol–water partition coefficient (Wildman–Crippen LogP) is 4.08. The first kappa shape index (κ1) is 38.2. The number of fused-ring (bicyclic) bond motifs is 2. The molecule has 0 bridgehead atoms. The van der Waals surface area contributed by atoms with Gasteiger partial charge >= 0.3 is 0 Å². The first-order chi connectivity index (χ1) is 28.0. The number of rotatable bonds is 12. The van der Waals surface area contributed by atoms with Crippen LogP contribution in [0.15, 0.2) is 61.1 Å². The number of nitrogens with zero attached hydrogens (tertiary/aromatic N) is 8. The van der Waals surface area contributed by atoms with Crippen molar-refractivity contribution in [2.24, 2.45) is 0 Å². The number of piperidine rings is 1.